The highest BCUT2D eigenvalue weighted by atomic mass is 79.9. The molecule has 0 saturated carbocycles. The molecule has 122 valence electrons. The number of hydrogen-bond acceptors (Lipinski definition) is 4. The van der Waals surface area contributed by atoms with Crippen molar-refractivity contribution in [2.75, 3.05) is 20.2 Å². The Labute approximate surface area is 143 Å². The van der Waals surface area contributed by atoms with Crippen LogP contribution in [0.25, 0.3) is 0 Å². The van der Waals surface area contributed by atoms with Crippen LogP contribution in [0.4, 0.5) is 0 Å². The van der Waals surface area contributed by atoms with Crippen LogP contribution in [-0.2, 0) is 22.6 Å². The van der Waals surface area contributed by atoms with Crippen LogP contribution in [0.5, 0.6) is 0 Å². The number of nitrogens with zero attached hydrogens (tertiary/aromatic N) is 4. The van der Waals surface area contributed by atoms with Crippen LogP contribution in [0.1, 0.15) is 23.7 Å². The molecule has 1 saturated heterocycles. The minimum absolute atomic E-state index is 0.159. The largest absolute Gasteiger partial charge is 0.378 e. The van der Waals surface area contributed by atoms with Gasteiger partial charge in [0.2, 0.25) is 5.91 Å². The lowest BCUT2D eigenvalue weighted by Crippen LogP contribution is -2.30. The molecule has 7 heteroatoms. The zero-order chi connectivity index (χ0) is 16.2. The fourth-order valence-electron chi connectivity index (χ4n) is 2.78. The van der Waals surface area contributed by atoms with Crippen LogP contribution >= 0.6 is 15.9 Å². The minimum atomic E-state index is 0.159. The van der Waals surface area contributed by atoms with Crippen LogP contribution in [0.2, 0.25) is 0 Å². The second-order valence-corrected chi connectivity index (χ2v) is 6.62. The van der Waals surface area contributed by atoms with Gasteiger partial charge in [0.05, 0.1) is 25.3 Å². The number of carbonyl (C=O) groups is 1. The summed E-state index contributed by atoms with van der Waals surface area (Å²) in [5.41, 5.74) is 1.84. The zero-order valence-electron chi connectivity index (χ0n) is 13.0. The third-order valence-electron chi connectivity index (χ3n) is 4.01. The highest BCUT2D eigenvalue weighted by molar-refractivity contribution is 9.10. The predicted molar refractivity (Wildman–Crippen MR) is 88.8 cm³/mol. The Morgan fingerprint density at radius 3 is 2.91 bits per heavy atom. The number of halogens is 1. The van der Waals surface area contributed by atoms with Crippen molar-refractivity contribution in [1.29, 1.82) is 0 Å². The molecule has 1 fully saturated rings. The Bertz CT molecular complexity index is 671. The van der Waals surface area contributed by atoms with Crippen LogP contribution in [0.3, 0.4) is 0 Å². The van der Waals surface area contributed by atoms with E-state index in [9.17, 15) is 4.79 Å². The maximum atomic E-state index is 12.4. The lowest BCUT2D eigenvalue weighted by molar-refractivity contribution is -0.129. The highest BCUT2D eigenvalue weighted by Gasteiger charge is 2.28. The van der Waals surface area contributed by atoms with E-state index in [1.54, 1.807) is 7.11 Å². The van der Waals surface area contributed by atoms with Gasteiger partial charge in [-0.25, -0.2) is 4.68 Å². The second-order valence-electron chi connectivity index (χ2n) is 5.71. The summed E-state index contributed by atoms with van der Waals surface area (Å²) in [7, 11) is 1.64. The monoisotopic (exact) mass is 378 g/mol. The number of carbonyl (C=O) groups excluding carboxylic acids is 1. The van der Waals surface area contributed by atoms with Crippen molar-refractivity contribution in [1.82, 2.24) is 19.9 Å². The number of ether oxygens (including phenoxy) is 1. The molecule has 0 bridgehead atoms. The quantitative estimate of drug-likeness (QED) is 0.799. The molecule has 6 nitrogen and oxygen atoms in total. The third kappa shape index (κ3) is 3.97. The van der Waals surface area contributed by atoms with E-state index >= 15 is 0 Å². The number of methoxy groups -OCH3 is 1. The van der Waals surface area contributed by atoms with E-state index in [2.05, 4.69) is 26.2 Å². The molecule has 3 rings (SSSR count). The van der Waals surface area contributed by atoms with Gasteiger partial charge in [0.15, 0.2) is 0 Å². The van der Waals surface area contributed by atoms with E-state index in [0.29, 0.717) is 19.6 Å². The molecule has 2 heterocycles. The number of aromatic nitrogens is 3. The first kappa shape index (κ1) is 16.1. The summed E-state index contributed by atoms with van der Waals surface area (Å²) < 4.78 is 7.92. The maximum Gasteiger partial charge on any atom is 0.227 e. The van der Waals surface area contributed by atoms with Gasteiger partial charge in [-0.05, 0) is 24.1 Å². The molecule has 1 aliphatic rings. The topological polar surface area (TPSA) is 60.2 Å². The van der Waals surface area contributed by atoms with Gasteiger partial charge in [-0.1, -0.05) is 33.3 Å². The molecule has 0 spiro atoms. The van der Waals surface area contributed by atoms with Gasteiger partial charge in [0.1, 0.15) is 5.69 Å². The maximum absolute atomic E-state index is 12.4. The van der Waals surface area contributed by atoms with Crippen LogP contribution in [0, 0.1) is 0 Å². The van der Waals surface area contributed by atoms with Gasteiger partial charge in [0.25, 0.3) is 0 Å². The van der Waals surface area contributed by atoms with Crippen LogP contribution in [-0.4, -0.2) is 46.0 Å². The van der Waals surface area contributed by atoms with E-state index < -0.39 is 0 Å². The second kappa shape index (κ2) is 7.23. The van der Waals surface area contributed by atoms with Gasteiger partial charge < -0.3 is 9.64 Å². The van der Waals surface area contributed by atoms with E-state index in [-0.39, 0.29) is 11.9 Å². The third-order valence-corrected chi connectivity index (χ3v) is 4.54. The van der Waals surface area contributed by atoms with Crippen molar-refractivity contribution in [3.8, 4) is 0 Å². The molecule has 2 aromatic rings. The Hall–Kier alpha value is -1.73. The standard InChI is InChI=1S/C16H19BrN4O2/c1-23-11-14-9-21(19-18-14)15-6-7-20(10-15)16(22)8-12-2-4-13(17)5-3-12/h2-5,9,15H,6-8,10-11H2,1H3. The van der Waals surface area contributed by atoms with Gasteiger partial charge in [0, 0.05) is 24.7 Å². The number of amides is 1. The van der Waals surface area contributed by atoms with E-state index in [0.717, 1.165) is 28.7 Å². The summed E-state index contributed by atoms with van der Waals surface area (Å²) in [5, 5.41) is 8.22. The lowest BCUT2D eigenvalue weighted by Gasteiger charge is -2.16. The minimum Gasteiger partial charge on any atom is -0.378 e. The first-order chi connectivity index (χ1) is 11.2. The lowest BCUT2D eigenvalue weighted by atomic mass is 10.1. The molecule has 1 unspecified atom stereocenters. The Morgan fingerprint density at radius 1 is 1.39 bits per heavy atom. The average molecular weight is 379 g/mol. The Kier molecular flexibility index (Phi) is 5.07. The molecule has 0 aliphatic carbocycles. The molecule has 1 atom stereocenters. The van der Waals surface area contributed by atoms with Gasteiger partial charge in [-0.15, -0.1) is 5.10 Å². The summed E-state index contributed by atoms with van der Waals surface area (Å²) in [6.45, 7) is 1.91. The fraction of sp³-hybridized carbons (Fsp3) is 0.438. The summed E-state index contributed by atoms with van der Waals surface area (Å²) in [6.07, 6.45) is 3.24. The van der Waals surface area contributed by atoms with E-state index in [1.165, 1.54) is 0 Å². The summed E-state index contributed by atoms with van der Waals surface area (Å²) >= 11 is 3.40. The summed E-state index contributed by atoms with van der Waals surface area (Å²) in [5.74, 6) is 0.159. The Morgan fingerprint density at radius 2 is 2.17 bits per heavy atom. The number of hydrogen-bond donors (Lipinski definition) is 0. The molecule has 1 amide bonds. The van der Waals surface area contributed by atoms with Gasteiger partial charge >= 0.3 is 0 Å². The molecule has 1 aromatic carbocycles. The van der Waals surface area contributed by atoms with E-state index in [4.69, 9.17) is 4.74 Å². The average Bonchev–Trinajstić information content (AvgIpc) is 3.19. The fourth-order valence-corrected chi connectivity index (χ4v) is 3.04. The molecule has 0 N–H and O–H groups in total. The van der Waals surface area contributed by atoms with Crippen molar-refractivity contribution >= 4 is 21.8 Å². The van der Waals surface area contributed by atoms with Crippen molar-refractivity contribution in [3.63, 3.8) is 0 Å². The van der Waals surface area contributed by atoms with Crippen LogP contribution < -0.4 is 0 Å². The number of likely N-dealkylation sites (tertiary alicyclic amines) is 1. The summed E-state index contributed by atoms with van der Waals surface area (Å²) in [6, 6.07) is 8.07. The molecular weight excluding hydrogens is 360 g/mol. The predicted octanol–water partition coefficient (Wildman–Crippen LogP) is 2.20. The zero-order valence-corrected chi connectivity index (χ0v) is 14.6. The van der Waals surface area contributed by atoms with Crippen LogP contribution in [0.15, 0.2) is 34.9 Å². The molecule has 23 heavy (non-hydrogen) atoms. The first-order valence-corrected chi connectivity index (χ1v) is 8.37. The molecule has 1 aromatic heterocycles. The SMILES string of the molecule is COCc1cn(C2CCN(C(=O)Cc3ccc(Br)cc3)C2)nn1. The summed E-state index contributed by atoms with van der Waals surface area (Å²) in [4.78, 5) is 14.3. The normalized spacial score (nSPS) is 17.7. The van der Waals surface area contributed by atoms with Crippen molar-refractivity contribution < 1.29 is 9.53 Å². The molecule has 1 aliphatic heterocycles. The van der Waals surface area contributed by atoms with Gasteiger partial charge in [-0.3, -0.25) is 4.79 Å². The van der Waals surface area contributed by atoms with Crippen molar-refractivity contribution in [2.24, 2.45) is 0 Å². The van der Waals surface area contributed by atoms with Crippen molar-refractivity contribution in [3.05, 3.63) is 46.2 Å². The Balaban J connectivity index is 1.57. The van der Waals surface area contributed by atoms with E-state index in [1.807, 2.05) is 40.0 Å². The first-order valence-electron chi connectivity index (χ1n) is 7.57. The van der Waals surface area contributed by atoms with Gasteiger partial charge in [-0.2, -0.15) is 0 Å². The molecular formula is C16H19BrN4O2. The highest BCUT2D eigenvalue weighted by Crippen LogP contribution is 2.22. The number of rotatable bonds is 5. The number of benzene rings is 1. The van der Waals surface area contributed by atoms with Crippen molar-refractivity contribution in [2.45, 2.75) is 25.5 Å². The smallest absolute Gasteiger partial charge is 0.227 e. The molecule has 0 radical (unpaired) electrons.